The van der Waals surface area contributed by atoms with E-state index in [1.54, 1.807) is 0 Å². The van der Waals surface area contributed by atoms with Crippen molar-refractivity contribution >= 4 is 17.4 Å². The Morgan fingerprint density at radius 1 is 1.44 bits per heavy atom. The van der Waals surface area contributed by atoms with Crippen molar-refractivity contribution in [3.63, 3.8) is 0 Å². The molecule has 16 heavy (non-hydrogen) atoms. The van der Waals surface area contributed by atoms with Crippen LogP contribution in [0.2, 0.25) is 0 Å². The van der Waals surface area contributed by atoms with E-state index in [9.17, 15) is 13.2 Å². The zero-order valence-corrected chi connectivity index (χ0v) is 8.73. The molecule has 0 aliphatic rings. The number of hydrogen-bond donors (Lipinski definition) is 1. The van der Waals surface area contributed by atoms with Crippen molar-refractivity contribution in [2.24, 2.45) is 0 Å². The smallest absolute Gasteiger partial charge is 0.406 e. The van der Waals surface area contributed by atoms with E-state index in [0.29, 0.717) is 10.6 Å². The third-order valence-corrected chi connectivity index (χ3v) is 2.45. The molecule has 0 aliphatic carbocycles. The predicted molar refractivity (Wildman–Crippen MR) is 53.9 cm³/mol. The van der Waals surface area contributed by atoms with Crippen LogP contribution in [0.3, 0.4) is 0 Å². The third kappa shape index (κ3) is 3.90. The number of nitriles is 1. The van der Waals surface area contributed by atoms with Crippen molar-refractivity contribution in [3.05, 3.63) is 18.2 Å². The van der Waals surface area contributed by atoms with Gasteiger partial charge < -0.3 is 10.5 Å². The van der Waals surface area contributed by atoms with Crippen LogP contribution >= 0.6 is 11.8 Å². The minimum absolute atomic E-state index is 0.111. The summed E-state index contributed by atoms with van der Waals surface area (Å²) >= 11 is 1.05. The highest BCUT2D eigenvalue weighted by atomic mass is 32.2. The van der Waals surface area contributed by atoms with Gasteiger partial charge in [0.15, 0.2) is 0 Å². The Kier molecular flexibility index (Phi) is 3.90. The van der Waals surface area contributed by atoms with Gasteiger partial charge in [0.2, 0.25) is 0 Å². The fourth-order valence-electron chi connectivity index (χ4n) is 0.947. The summed E-state index contributed by atoms with van der Waals surface area (Å²) in [5.41, 5.74) is 5.84. The Balaban J connectivity index is 2.86. The number of alkyl halides is 3. The topological polar surface area (TPSA) is 59.0 Å². The van der Waals surface area contributed by atoms with Gasteiger partial charge in [-0.3, -0.25) is 0 Å². The molecule has 7 heteroatoms. The molecule has 0 radical (unpaired) electrons. The van der Waals surface area contributed by atoms with Crippen molar-refractivity contribution in [3.8, 4) is 11.8 Å². The molecule has 1 aromatic rings. The summed E-state index contributed by atoms with van der Waals surface area (Å²) in [6.45, 7) is 0. The monoisotopic (exact) mass is 248 g/mol. The van der Waals surface area contributed by atoms with Crippen molar-refractivity contribution in [1.29, 1.82) is 5.26 Å². The first kappa shape index (κ1) is 12.5. The lowest BCUT2D eigenvalue weighted by Gasteiger charge is -2.10. The molecule has 0 saturated heterocycles. The summed E-state index contributed by atoms with van der Waals surface area (Å²) in [4.78, 5) is 0.392. The van der Waals surface area contributed by atoms with Crippen molar-refractivity contribution in [2.45, 2.75) is 11.3 Å². The summed E-state index contributed by atoms with van der Waals surface area (Å²) in [6.07, 6.45) is -4.73. The highest BCUT2D eigenvalue weighted by molar-refractivity contribution is 7.99. The maximum absolute atomic E-state index is 11.9. The molecule has 0 fully saturated rings. The van der Waals surface area contributed by atoms with Crippen LogP contribution < -0.4 is 10.5 Å². The summed E-state index contributed by atoms with van der Waals surface area (Å²) in [7, 11) is 0. The van der Waals surface area contributed by atoms with Gasteiger partial charge in [-0.1, -0.05) is 0 Å². The maximum Gasteiger partial charge on any atom is 0.573 e. The van der Waals surface area contributed by atoms with Crippen molar-refractivity contribution in [1.82, 2.24) is 0 Å². The molecule has 1 rings (SSSR count). The number of nitrogen functional groups attached to an aromatic ring is 1. The van der Waals surface area contributed by atoms with Gasteiger partial charge in [-0.25, -0.2) is 0 Å². The number of nitrogens with zero attached hydrogens (tertiary/aromatic N) is 1. The largest absolute Gasteiger partial charge is 0.573 e. The van der Waals surface area contributed by atoms with Crippen LogP contribution in [-0.2, 0) is 0 Å². The lowest BCUT2D eigenvalue weighted by Crippen LogP contribution is -2.17. The number of ether oxygens (including phenoxy) is 1. The molecule has 86 valence electrons. The molecular formula is C9H7F3N2OS. The molecular weight excluding hydrogens is 241 g/mol. The van der Waals surface area contributed by atoms with Crippen molar-refractivity contribution < 1.29 is 17.9 Å². The second-order valence-electron chi connectivity index (χ2n) is 2.69. The zero-order chi connectivity index (χ0) is 12.2. The molecule has 0 amide bonds. The summed E-state index contributed by atoms with van der Waals surface area (Å²) in [5.74, 6) is -0.234. The predicted octanol–water partition coefficient (Wildman–Crippen LogP) is 2.78. The SMILES string of the molecule is N#CCSc1cc(OC(F)(F)F)ccc1N. The Morgan fingerprint density at radius 2 is 2.12 bits per heavy atom. The van der Waals surface area contributed by atoms with Crippen LogP contribution in [0.15, 0.2) is 23.1 Å². The van der Waals surface area contributed by atoms with E-state index >= 15 is 0 Å². The van der Waals surface area contributed by atoms with Gasteiger partial charge in [0.1, 0.15) is 5.75 Å². The van der Waals surface area contributed by atoms with Crippen LogP contribution in [0.1, 0.15) is 0 Å². The van der Waals surface area contributed by atoms with Gasteiger partial charge in [-0.2, -0.15) is 5.26 Å². The van der Waals surface area contributed by atoms with Crippen LogP contribution in [0.5, 0.6) is 5.75 Å². The Hall–Kier alpha value is -1.55. The molecule has 0 aromatic heterocycles. The first-order valence-electron chi connectivity index (χ1n) is 4.07. The van der Waals surface area contributed by atoms with E-state index in [0.717, 1.165) is 23.9 Å². The van der Waals surface area contributed by atoms with Gasteiger partial charge in [0.25, 0.3) is 0 Å². The number of benzene rings is 1. The third-order valence-electron chi connectivity index (χ3n) is 1.51. The summed E-state index contributed by atoms with van der Waals surface area (Å²) in [5, 5.41) is 8.35. The molecule has 3 nitrogen and oxygen atoms in total. The Labute approximate surface area is 94.0 Å². The highest BCUT2D eigenvalue weighted by Crippen LogP contribution is 2.31. The molecule has 2 N–H and O–H groups in total. The van der Waals surface area contributed by atoms with E-state index < -0.39 is 6.36 Å². The molecule has 0 unspecified atom stereocenters. The van der Waals surface area contributed by atoms with Crippen LogP contribution in [0, 0.1) is 11.3 Å². The number of halogens is 3. The van der Waals surface area contributed by atoms with E-state index in [2.05, 4.69) is 4.74 Å². The standard InChI is InChI=1S/C9H7F3N2OS/c10-9(11,12)15-6-1-2-7(14)8(5-6)16-4-3-13/h1-2,5H,4,14H2. The molecule has 0 saturated carbocycles. The molecule has 0 bridgehead atoms. The van der Waals surface area contributed by atoms with Crippen molar-refractivity contribution in [2.75, 3.05) is 11.5 Å². The van der Waals surface area contributed by atoms with Crippen LogP contribution in [-0.4, -0.2) is 12.1 Å². The van der Waals surface area contributed by atoms with E-state index in [4.69, 9.17) is 11.0 Å². The van der Waals surface area contributed by atoms with Gasteiger partial charge >= 0.3 is 6.36 Å². The Morgan fingerprint density at radius 3 is 2.69 bits per heavy atom. The number of anilines is 1. The maximum atomic E-state index is 11.9. The lowest BCUT2D eigenvalue weighted by atomic mass is 10.3. The normalized spacial score (nSPS) is 10.9. The van der Waals surface area contributed by atoms with Gasteiger partial charge in [-0.15, -0.1) is 24.9 Å². The average molecular weight is 248 g/mol. The van der Waals surface area contributed by atoms with E-state index in [1.807, 2.05) is 6.07 Å². The molecule has 1 aromatic carbocycles. The minimum atomic E-state index is -4.73. The van der Waals surface area contributed by atoms with Crippen LogP contribution in [0.4, 0.5) is 18.9 Å². The molecule has 0 aliphatic heterocycles. The highest BCUT2D eigenvalue weighted by Gasteiger charge is 2.31. The van der Waals surface area contributed by atoms with Crippen LogP contribution in [0.25, 0.3) is 0 Å². The second kappa shape index (κ2) is 4.99. The number of hydrogen-bond acceptors (Lipinski definition) is 4. The van der Waals surface area contributed by atoms with Gasteiger partial charge in [0, 0.05) is 10.6 Å². The van der Waals surface area contributed by atoms with Gasteiger partial charge in [0.05, 0.1) is 11.8 Å². The number of thioether (sulfide) groups is 1. The van der Waals surface area contributed by atoms with E-state index in [-0.39, 0.29) is 11.5 Å². The first-order valence-corrected chi connectivity index (χ1v) is 5.06. The second-order valence-corrected chi connectivity index (χ2v) is 3.71. The number of nitrogens with two attached hydrogens (primary N) is 1. The van der Waals surface area contributed by atoms with Gasteiger partial charge in [-0.05, 0) is 18.2 Å². The average Bonchev–Trinajstić information content (AvgIpc) is 2.17. The summed E-state index contributed by atoms with van der Waals surface area (Å²) < 4.78 is 39.5. The lowest BCUT2D eigenvalue weighted by molar-refractivity contribution is -0.274. The fraction of sp³-hybridized carbons (Fsp3) is 0.222. The van der Waals surface area contributed by atoms with E-state index in [1.165, 1.54) is 6.07 Å². The number of rotatable bonds is 3. The first-order chi connectivity index (χ1) is 7.42. The quantitative estimate of drug-likeness (QED) is 0.660. The Bertz CT molecular complexity index is 414. The zero-order valence-electron chi connectivity index (χ0n) is 7.91. The molecule has 0 spiro atoms. The molecule has 0 atom stereocenters. The summed E-state index contributed by atoms with van der Waals surface area (Å²) in [6, 6.07) is 5.44. The molecule has 0 heterocycles. The minimum Gasteiger partial charge on any atom is -0.406 e. The fourth-order valence-corrected chi connectivity index (χ4v) is 1.60.